The first-order valence-electron chi connectivity index (χ1n) is 7.78. The molecule has 0 saturated carbocycles. The predicted octanol–water partition coefficient (Wildman–Crippen LogP) is 2.73. The molecule has 1 atom stereocenters. The molecule has 0 aliphatic carbocycles. The van der Waals surface area contributed by atoms with Crippen LogP contribution >= 0.6 is 0 Å². The minimum atomic E-state index is -0.476. The summed E-state index contributed by atoms with van der Waals surface area (Å²) in [4.78, 5) is 26.3. The molecule has 0 unspecified atom stereocenters. The molecule has 2 amide bonds. The first kappa shape index (κ1) is 16.3. The van der Waals surface area contributed by atoms with Crippen molar-refractivity contribution in [3.63, 3.8) is 0 Å². The Balaban J connectivity index is 2.11. The second kappa shape index (κ2) is 7.29. The average molecular weight is 304 g/mol. The van der Waals surface area contributed by atoms with E-state index in [0.29, 0.717) is 24.4 Å². The van der Waals surface area contributed by atoms with Crippen LogP contribution in [0.1, 0.15) is 38.2 Å². The van der Waals surface area contributed by atoms with Crippen molar-refractivity contribution in [1.29, 1.82) is 0 Å². The second-order valence-corrected chi connectivity index (χ2v) is 5.77. The van der Waals surface area contributed by atoms with E-state index < -0.39 is 6.04 Å². The van der Waals surface area contributed by atoms with Crippen LogP contribution in [0, 0.1) is 6.92 Å². The summed E-state index contributed by atoms with van der Waals surface area (Å²) in [6, 6.07) is 5.15. The average Bonchev–Trinajstić information content (AvgIpc) is 2.71. The molecule has 1 aliphatic heterocycles. The molecular weight excluding hydrogens is 280 g/mol. The van der Waals surface area contributed by atoms with Gasteiger partial charge in [-0.3, -0.25) is 9.59 Å². The Morgan fingerprint density at radius 3 is 2.82 bits per heavy atom. The summed E-state index contributed by atoms with van der Waals surface area (Å²) in [6.45, 7) is 4.38. The molecular formula is C17H24N2O3. The molecule has 1 aromatic carbocycles. The fourth-order valence-electron chi connectivity index (χ4n) is 2.71. The number of hydrogen-bond donors (Lipinski definition) is 1. The second-order valence-electron chi connectivity index (χ2n) is 5.77. The van der Waals surface area contributed by atoms with Gasteiger partial charge < -0.3 is 15.0 Å². The smallest absolute Gasteiger partial charge is 0.246 e. The number of ether oxygens (including phenoxy) is 1. The van der Waals surface area contributed by atoms with Crippen LogP contribution in [0.2, 0.25) is 0 Å². The standard InChI is InChI=1S/C17H24N2O3/c1-12-8-9-15(22-3)14(11-12)18-17(21)13(2)19-10-6-4-5-7-16(19)20/h8-9,11,13H,4-7,10H2,1-3H3,(H,18,21)/t13-/m1/s1. The van der Waals surface area contributed by atoms with E-state index in [9.17, 15) is 9.59 Å². The molecule has 1 heterocycles. The van der Waals surface area contributed by atoms with Crippen LogP contribution in [-0.2, 0) is 9.59 Å². The fourth-order valence-corrected chi connectivity index (χ4v) is 2.71. The maximum Gasteiger partial charge on any atom is 0.246 e. The van der Waals surface area contributed by atoms with E-state index in [-0.39, 0.29) is 11.8 Å². The van der Waals surface area contributed by atoms with Crippen molar-refractivity contribution in [1.82, 2.24) is 4.90 Å². The SMILES string of the molecule is COc1ccc(C)cc1NC(=O)[C@@H](C)N1CCCCCC1=O. The highest BCUT2D eigenvalue weighted by molar-refractivity contribution is 5.98. The monoisotopic (exact) mass is 304 g/mol. The summed E-state index contributed by atoms with van der Waals surface area (Å²) >= 11 is 0. The summed E-state index contributed by atoms with van der Waals surface area (Å²) in [5.74, 6) is 0.504. The summed E-state index contributed by atoms with van der Waals surface area (Å²) in [5, 5.41) is 2.88. The molecule has 2 rings (SSSR count). The highest BCUT2D eigenvalue weighted by Crippen LogP contribution is 2.26. The fraction of sp³-hybridized carbons (Fsp3) is 0.529. The number of amides is 2. The van der Waals surface area contributed by atoms with E-state index in [4.69, 9.17) is 4.74 Å². The lowest BCUT2D eigenvalue weighted by atomic mass is 10.2. The van der Waals surface area contributed by atoms with E-state index in [1.807, 2.05) is 25.1 Å². The third-order valence-electron chi connectivity index (χ3n) is 4.07. The molecule has 0 radical (unpaired) electrons. The minimum Gasteiger partial charge on any atom is -0.495 e. The summed E-state index contributed by atoms with van der Waals surface area (Å²) in [6.07, 6.45) is 3.44. The van der Waals surface area contributed by atoms with Crippen molar-refractivity contribution in [2.45, 2.75) is 45.6 Å². The van der Waals surface area contributed by atoms with Crippen molar-refractivity contribution < 1.29 is 14.3 Å². The zero-order chi connectivity index (χ0) is 16.1. The maximum atomic E-state index is 12.5. The Morgan fingerprint density at radius 2 is 2.09 bits per heavy atom. The number of methoxy groups -OCH3 is 1. The van der Waals surface area contributed by atoms with E-state index >= 15 is 0 Å². The van der Waals surface area contributed by atoms with Crippen molar-refractivity contribution in [3.05, 3.63) is 23.8 Å². The van der Waals surface area contributed by atoms with Gasteiger partial charge in [0.1, 0.15) is 11.8 Å². The molecule has 1 aliphatic rings. The highest BCUT2D eigenvalue weighted by Gasteiger charge is 2.27. The Kier molecular flexibility index (Phi) is 5.41. The van der Waals surface area contributed by atoms with Crippen molar-refractivity contribution >= 4 is 17.5 Å². The maximum absolute atomic E-state index is 12.5. The van der Waals surface area contributed by atoms with E-state index in [1.165, 1.54) is 0 Å². The van der Waals surface area contributed by atoms with Gasteiger partial charge in [0.25, 0.3) is 0 Å². The number of nitrogens with one attached hydrogen (secondary N) is 1. The van der Waals surface area contributed by atoms with Gasteiger partial charge in [0.15, 0.2) is 0 Å². The van der Waals surface area contributed by atoms with Gasteiger partial charge >= 0.3 is 0 Å². The topological polar surface area (TPSA) is 58.6 Å². The number of carbonyl (C=O) groups excluding carboxylic acids is 2. The molecule has 0 bridgehead atoms. The number of carbonyl (C=O) groups is 2. The van der Waals surface area contributed by atoms with Crippen molar-refractivity contribution in [2.24, 2.45) is 0 Å². The Morgan fingerprint density at radius 1 is 1.32 bits per heavy atom. The lowest BCUT2D eigenvalue weighted by molar-refractivity contribution is -0.137. The highest BCUT2D eigenvalue weighted by atomic mass is 16.5. The van der Waals surface area contributed by atoms with E-state index in [1.54, 1.807) is 18.9 Å². The van der Waals surface area contributed by atoms with Crippen LogP contribution in [0.3, 0.4) is 0 Å². The van der Waals surface area contributed by atoms with Crippen LogP contribution in [0.5, 0.6) is 5.75 Å². The molecule has 0 aromatic heterocycles. The molecule has 22 heavy (non-hydrogen) atoms. The lowest BCUT2D eigenvalue weighted by Gasteiger charge is -2.27. The summed E-state index contributed by atoms with van der Waals surface area (Å²) < 4.78 is 5.27. The van der Waals surface area contributed by atoms with Crippen LogP contribution in [-0.4, -0.2) is 36.4 Å². The predicted molar refractivity (Wildman–Crippen MR) is 86.0 cm³/mol. The third kappa shape index (κ3) is 3.78. The number of aryl methyl sites for hydroxylation is 1. The number of hydrogen-bond acceptors (Lipinski definition) is 3. The van der Waals surface area contributed by atoms with Crippen LogP contribution in [0.25, 0.3) is 0 Å². The Labute approximate surface area is 131 Å². The zero-order valence-corrected chi connectivity index (χ0v) is 13.5. The minimum absolute atomic E-state index is 0.0661. The van der Waals surface area contributed by atoms with Gasteiger partial charge in [-0.25, -0.2) is 0 Å². The number of benzene rings is 1. The van der Waals surface area contributed by atoms with Crippen LogP contribution in [0.15, 0.2) is 18.2 Å². The van der Waals surface area contributed by atoms with E-state index in [0.717, 1.165) is 24.8 Å². The van der Waals surface area contributed by atoms with Gasteiger partial charge in [0, 0.05) is 13.0 Å². The lowest BCUT2D eigenvalue weighted by Crippen LogP contribution is -2.45. The van der Waals surface area contributed by atoms with Gasteiger partial charge in [0.05, 0.1) is 12.8 Å². The van der Waals surface area contributed by atoms with Gasteiger partial charge in [-0.15, -0.1) is 0 Å². The van der Waals surface area contributed by atoms with Crippen LogP contribution in [0.4, 0.5) is 5.69 Å². The number of nitrogens with zero attached hydrogens (tertiary/aromatic N) is 1. The number of rotatable bonds is 4. The molecule has 5 nitrogen and oxygen atoms in total. The van der Waals surface area contributed by atoms with Crippen molar-refractivity contribution in [3.8, 4) is 5.75 Å². The first-order valence-corrected chi connectivity index (χ1v) is 7.78. The molecule has 1 saturated heterocycles. The molecule has 1 aromatic rings. The third-order valence-corrected chi connectivity index (χ3v) is 4.07. The number of likely N-dealkylation sites (tertiary alicyclic amines) is 1. The largest absolute Gasteiger partial charge is 0.495 e. The molecule has 1 fully saturated rings. The zero-order valence-electron chi connectivity index (χ0n) is 13.5. The first-order chi connectivity index (χ1) is 10.5. The quantitative estimate of drug-likeness (QED) is 0.930. The van der Waals surface area contributed by atoms with Gasteiger partial charge in [-0.2, -0.15) is 0 Å². The Bertz CT molecular complexity index is 557. The van der Waals surface area contributed by atoms with Gasteiger partial charge in [-0.05, 0) is 44.4 Å². The van der Waals surface area contributed by atoms with E-state index in [2.05, 4.69) is 5.32 Å². The summed E-state index contributed by atoms with van der Waals surface area (Å²) in [7, 11) is 1.57. The molecule has 0 spiro atoms. The normalized spacial score (nSPS) is 16.9. The van der Waals surface area contributed by atoms with Crippen LogP contribution < -0.4 is 10.1 Å². The van der Waals surface area contributed by atoms with Gasteiger partial charge in [0.2, 0.25) is 11.8 Å². The number of anilines is 1. The molecule has 5 heteroatoms. The Hall–Kier alpha value is -2.04. The molecule has 1 N–H and O–H groups in total. The summed E-state index contributed by atoms with van der Waals surface area (Å²) in [5.41, 5.74) is 1.68. The van der Waals surface area contributed by atoms with Gasteiger partial charge in [-0.1, -0.05) is 12.5 Å². The molecule has 120 valence electrons. The van der Waals surface area contributed by atoms with Crippen molar-refractivity contribution in [2.75, 3.05) is 19.0 Å².